The van der Waals surface area contributed by atoms with Gasteiger partial charge in [0.05, 0.1) is 12.1 Å². The molecule has 5 N–H and O–H groups in total. The minimum absolute atomic E-state index is 0.0527. The molecule has 1 aliphatic rings. The smallest absolute Gasteiger partial charge is 0.248 e. The van der Waals surface area contributed by atoms with Gasteiger partial charge in [0.25, 0.3) is 0 Å². The fourth-order valence-electron chi connectivity index (χ4n) is 3.39. The van der Waals surface area contributed by atoms with Crippen molar-refractivity contribution in [2.45, 2.75) is 6.92 Å². The van der Waals surface area contributed by atoms with Crippen LogP contribution in [0.25, 0.3) is 10.9 Å². The first-order valence-electron chi connectivity index (χ1n) is 9.90. The van der Waals surface area contributed by atoms with Crippen LogP contribution in [-0.4, -0.2) is 74.7 Å². The third-order valence-electron chi connectivity index (χ3n) is 4.87. The number of anilines is 1. The summed E-state index contributed by atoms with van der Waals surface area (Å²) in [5, 5.41) is 14.1. The van der Waals surface area contributed by atoms with Gasteiger partial charge in [-0.3, -0.25) is 14.5 Å². The predicted octanol–water partition coefficient (Wildman–Crippen LogP) is -0.141. The van der Waals surface area contributed by atoms with Crippen LogP contribution < -0.4 is 26.8 Å². The number of pyridine rings is 1. The average Bonchev–Trinajstić information content (AvgIpc) is 2.63. The number of aromatic nitrogens is 1. The lowest BCUT2D eigenvalue weighted by Crippen LogP contribution is -2.44. The molecule has 0 atom stereocenters. The Morgan fingerprint density at radius 2 is 1.64 bits per heavy atom. The zero-order chi connectivity index (χ0) is 19.8. The number of benzene rings is 1. The Kier molecular flexibility index (Phi) is 7.55. The fourth-order valence-corrected chi connectivity index (χ4v) is 3.39. The molecule has 1 aromatic heterocycles. The van der Waals surface area contributed by atoms with E-state index in [0.29, 0.717) is 12.2 Å². The number of nitrogens with one attached hydrogen (secondary N) is 5. The van der Waals surface area contributed by atoms with Crippen molar-refractivity contribution in [2.24, 2.45) is 0 Å². The minimum atomic E-state index is -0.136. The molecular formula is C20H30N6O2. The third-order valence-corrected chi connectivity index (χ3v) is 4.87. The molecule has 0 aliphatic carbocycles. The summed E-state index contributed by atoms with van der Waals surface area (Å²) in [5.41, 5.74) is 2.21. The Morgan fingerprint density at radius 1 is 1.00 bits per heavy atom. The van der Waals surface area contributed by atoms with E-state index in [9.17, 15) is 9.59 Å². The highest BCUT2D eigenvalue weighted by atomic mass is 16.2. The van der Waals surface area contributed by atoms with Gasteiger partial charge < -0.3 is 26.3 Å². The van der Waals surface area contributed by atoms with Crippen LogP contribution in [-0.2, 0) is 4.79 Å². The van der Waals surface area contributed by atoms with E-state index in [1.54, 1.807) is 6.07 Å². The Hall–Kier alpha value is -2.26. The molecule has 1 fully saturated rings. The summed E-state index contributed by atoms with van der Waals surface area (Å²) in [6.07, 6.45) is 0. The van der Waals surface area contributed by atoms with Gasteiger partial charge in [-0.2, -0.15) is 0 Å². The van der Waals surface area contributed by atoms with Crippen LogP contribution in [0.1, 0.15) is 5.56 Å². The van der Waals surface area contributed by atoms with Crippen molar-refractivity contribution in [2.75, 3.05) is 64.2 Å². The number of aryl methyl sites for hydroxylation is 1. The Labute approximate surface area is 165 Å². The maximum Gasteiger partial charge on any atom is 0.248 e. The molecule has 1 aliphatic heterocycles. The lowest BCUT2D eigenvalue weighted by molar-refractivity contribution is -0.117. The summed E-state index contributed by atoms with van der Waals surface area (Å²) in [4.78, 5) is 29.2. The van der Waals surface area contributed by atoms with Gasteiger partial charge in [-0.25, -0.2) is 0 Å². The second-order valence-electron chi connectivity index (χ2n) is 7.15. The van der Waals surface area contributed by atoms with Gasteiger partial charge >= 0.3 is 0 Å². The van der Waals surface area contributed by atoms with Crippen molar-refractivity contribution in [3.05, 3.63) is 40.2 Å². The summed E-state index contributed by atoms with van der Waals surface area (Å²) in [7, 11) is 0. The summed E-state index contributed by atoms with van der Waals surface area (Å²) >= 11 is 0. The number of H-pyrrole nitrogens is 1. The van der Waals surface area contributed by atoms with Crippen LogP contribution >= 0.6 is 0 Å². The predicted molar refractivity (Wildman–Crippen MR) is 113 cm³/mol. The molecule has 0 spiro atoms. The maximum absolute atomic E-state index is 12.6. The summed E-state index contributed by atoms with van der Waals surface area (Å²) in [6, 6.07) is 7.19. The quantitative estimate of drug-likeness (QED) is 0.503. The van der Waals surface area contributed by atoms with Gasteiger partial charge in [-0.1, -0.05) is 6.07 Å². The number of hydrogen-bond donors (Lipinski definition) is 5. The summed E-state index contributed by atoms with van der Waals surface area (Å²) < 4.78 is 0. The van der Waals surface area contributed by atoms with Gasteiger partial charge in [0, 0.05) is 69.5 Å². The highest BCUT2D eigenvalue weighted by Gasteiger charge is 2.12. The molecule has 2 aromatic rings. The normalized spacial score (nSPS) is 17.6. The van der Waals surface area contributed by atoms with Crippen LogP contribution in [0.2, 0.25) is 0 Å². The van der Waals surface area contributed by atoms with E-state index in [4.69, 9.17) is 0 Å². The van der Waals surface area contributed by atoms with Crippen LogP contribution in [0, 0.1) is 6.92 Å². The molecule has 3 rings (SSSR count). The molecule has 1 saturated heterocycles. The minimum Gasteiger partial charge on any atom is -0.325 e. The molecule has 8 heteroatoms. The van der Waals surface area contributed by atoms with Crippen molar-refractivity contribution in [3.63, 3.8) is 0 Å². The lowest BCUT2D eigenvalue weighted by atomic mass is 10.1. The topological polar surface area (TPSA) is 101 Å². The summed E-state index contributed by atoms with van der Waals surface area (Å²) in [5.74, 6) is -0.0527. The van der Waals surface area contributed by atoms with Crippen molar-refractivity contribution >= 4 is 22.5 Å². The average molecular weight is 387 g/mol. The van der Waals surface area contributed by atoms with E-state index in [1.165, 1.54) is 0 Å². The zero-order valence-corrected chi connectivity index (χ0v) is 16.4. The number of nitrogens with zero attached hydrogens (tertiary/aromatic N) is 1. The Morgan fingerprint density at radius 3 is 2.32 bits per heavy atom. The van der Waals surface area contributed by atoms with Crippen LogP contribution in [0.4, 0.5) is 5.69 Å². The number of amides is 1. The fraction of sp³-hybridized carbons (Fsp3) is 0.500. The van der Waals surface area contributed by atoms with E-state index in [0.717, 1.165) is 68.8 Å². The SMILES string of the molecule is Cc1cc(=O)[nH]c2cc(NC(=O)CN3CCNCCNCCNCC3)ccc12. The number of fused-ring (bicyclic) bond motifs is 1. The molecule has 8 nitrogen and oxygen atoms in total. The molecule has 0 bridgehead atoms. The Balaban J connectivity index is 1.59. The largest absolute Gasteiger partial charge is 0.325 e. The van der Waals surface area contributed by atoms with E-state index in [2.05, 4.69) is 31.2 Å². The number of aromatic amines is 1. The molecule has 2 heterocycles. The van der Waals surface area contributed by atoms with Crippen LogP contribution in [0.15, 0.2) is 29.1 Å². The molecule has 152 valence electrons. The number of carbonyl (C=O) groups is 1. The van der Waals surface area contributed by atoms with Gasteiger partial charge in [-0.05, 0) is 24.6 Å². The molecule has 0 unspecified atom stereocenters. The van der Waals surface area contributed by atoms with E-state index >= 15 is 0 Å². The van der Waals surface area contributed by atoms with Crippen LogP contribution in [0.5, 0.6) is 0 Å². The molecular weight excluding hydrogens is 356 g/mol. The van der Waals surface area contributed by atoms with E-state index in [1.807, 2.05) is 25.1 Å². The molecule has 0 radical (unpaired) electrons. The van der Waals surface area contributed by atoms with Gasteiger partial charge in [0.15, 0.2) is 0 Å². The second-order valence-corrected chi connectivity index (χ2v) is 7.15. The standard InChI is InChI=1S/C20H30N6O2/c1-15-12-19(27)25-18-13-16(2-3-17(15)18)24-20(28)14-26-10-8-22-6-4-21-5-7-23-9-11-26/h2-3,12-13,21-23H,4-11,14H2,1H3,(H,24,28)(H,25,27). The van der Waals surface area contributed by atoms with E-state index < -0.39 is 0 Å². The molecule has 1 amide bonds. The summed E-state index contributed by atoms with van der Waals surface area (Å²) in [6.45, 7) is 9.34. The maximum atomic E-state index is 12.6. The highest BCUT2D eigenvalue weighted by Crippen LogP contribution is 2.19. The number of rotatable bonds is 3. The highest BCUT2D eigenvalue weighted by molar-refractivity contribution is 5.95. The van der Waals surface area contributed by atoms with Gasteiger partial charge in [0.2, 0.25) is 11.5 Å². The van der Waals surface area contributed by atoms with Gasteiger partial charge in [0.1, 0.15) is 0 Å². The first kappa shape index (κ1) is 20.5. The van der Waals surface area contributed by atoms with Crippen molar-refractivity contribution in [1.29, 1.82) is 0 Å². The molecule has 0 saturated carbocycles. The van der Waals surface area contributed by atoms with Gasteiger partial charge in [-0.15, -0.1) is 0 Å². The van der Waals surface area contributed by atoms with Crippen molar-refractivity contribution in [1.82, 2.24) is 25.8 Å². The Bertz CT molecular complexity index is 838. The first-order chi connectivity index (χ1) is 13.6. The van der Waals surface area contributed by atoms with Crippen molar-refractivity contribution in [3.8, 4) is 0 Å². The zero-order valence-electron chi connectivity index (χ0n) is 16.4. The van der Waals surface area contributed by atoms with E-state index in [-0.39, 0.29) is 11.5 Å². The second kappa shape index (κ2) is 10.3. The number of carbonyl (C=O) groups excluding carboxylic acids is 1. The first-order valence-corrected chi connectivity index (χ1v) is 9.90. The number of hydrogen-bond acceptors (Lipinski definition) is 6. The van der Waals surface area contributed by atoms with Crippen molar-refractivity contribution < 1.29 is 4.79 Å². The monoisotopic (exact) mass is 386 g/mol. The molecule has 1 aromatic carbocycles. The third kappa shape index (κ3) is 6.13. The molecule has 28 heavy (non-hydrogen) atoms. The lowest BCUT2D eigenvalue weighted by Gasteiger charge is -2.23. The van der Waals surface area contributed by atoms with Crippen LogP contribution in [0.3, 0.4) is 0 Å².